The Morgan fingerprint density at radius 1 is 1.15 bits per heavy atom. The van der Waals surface area contributed by atoms with Crippen molar-refractivity contribution < 1.29 is 17.9 Å². The molecular weight excluding hydrogens is 440 g/mol. The standard InChI is InChI=1S/C26H25F2N3O3/c1-4-33-16-18-9-8-17(2)22(11-18)30-25-29-15-23(34-25)19-12-20(26(3,27)28)14-21(13-19)31-10-6-5-7-24(31)32/h5-15H,4,16H2,1-3H3,(H,29,30). The average Bonchev–Trinajstić information content (AvgIpc) is 3.27. The number of aryl methyl sites for hydroxylation is 1. The molecule has 2 aromatic carbocycles. The molecule has 0 unspecified atom stereocenters. The van der Waals surface area contributed by atoms with Gasteiger partial charge >= 0.3 is 0 Å². The molecule has 1 N–H and O–H groups in total. The van der Waals surface area contributed by atoms with E-state index in [2.05, 4.69) is 10.3 Å². The van der Waals surface area contributed by atoms with Crippen LogP contribution in [0.3, 0.4) is 0 Å². The average molecular weight is 466 g/mol. The highest BCUT2D eigenvalue weighted by Gasteiger charge is 2.26. The Balaban J connectivity index is 1.69. The van der Waals surface area contributed by atoms with Crippen molar-refractivity contribution in [3.8, 4) is 17.0 Å². The fraction of sp³-hybridized carbons (Fsp3) is 0.231. The van der Waals surface area contributed by atoms with Gasteiger partial charge in [0.25, 0.3) is 17.5 Å². The van der Waals surface area contributed by atoms with Crippen LogP contribution in [0, 0.1) is 6.92 Å². The summed E-state index contributed by atoms with van der Waals surface area (Å²) < 4.78 is 41.1. The Kier molecular flexibility index (Phi) is 6.61. The molecule has 0 aliphatic carbocycles. The van der Waals surface area contributed by atoms with Gasteiger partial charge in [-0.2, -0.15) is 0 Å². The highest BCUT2D eigenvalue weighted by molar-refractivity contribution is 5.65. The number of nitrogens with one attached hydrogen (secondary N) is 1. The maximum atomic E-state index is 14.3. The van der Waals surface area contributed by atoms with E-state index < -0.39 is 5.92 Å². The van der Waals surface area contributed by atoms with Gasteiger partial charge in [0.2, 0.25) is 0 Å². The molecule has 0 radical (unpaired) electrons. The van der Waals surface area contributed by atoms with E-state index in [0.29, 0.717) is 30.2 Å². The zero-order chi connectivity index (χ0) is 24.3. The largest absolute Gasteiger partial charge is 0.423 e. The topological polar surface area (TPSA) is 69.3 Å². The van der Waals surface area contributed by atoms with Gasteiger partial charge in [0.15, 0.2) is 5.76 Å². The quantitative estimate of drug-likeness (QED) is 0.336. The summed E-state index contributed by atoms with van der Waals surface area (Å²) in [4.78, 5) is 16.5. The fourth-order valence-corrected chi connectivity index (χ4v) is 3.48. The van der Waals surface area contributed by atoms with Crippen molar-refractivity contribution in [2.75, 3.05) is 11.9 Å². The first-order valence-corrected chi connectivity index (χ1v) is 10.9. The van der Waals surface area contributed by atoms with Crippen molar-refractivity contribution in [2.24, 2.45) is 0 Å². The molecule has 4 aromatic rings. The van der Waals surface area contributed by atoms with Crippen LogP contribution in [0.4, 0.5) is 20.5 Å². The number of halogens is 2. The van der Waals surface area contributed by atoms with Crippen LogP contribution in [0.5, 0.6) is 0 Å². The third kappa shape index (κ3) is 5.23. The van der Waals surface area contributed by atoms with Crippen molar-refractivity contribution in [1.82, 2.24) is 9.55 Å². The van der Waals surface area contributed by atoms with Crippen molar-refractivity contribution >= 4 is 11.7 Å². The SMILES string of the molecule is CCOCc1ccc(C)c(Nc2ncc(-c3cc(-n4ccccc4=O)cc(C(C)(F)F)c3)o2)c1. The van der Waals surface area contributed by atoms with Crippen molar-refractivity contribution in [3.63, 3.8) is 0 Å². The van der Waals surface area contributed by atoms with Gasteiger partial charge in [-0.3, -0.25) is 9.36 Å². The summed E-state index contributed by atoms with van der Waals surface area (Å²) in [6.07, 6.45) is 3.00. The maximum Gasteiger partial charge on any atom is 0.299 e. The van der Waals surface area contributed by atoms with Crippen LogP contribution in [0.2, 0.25) is 0 Å². The molecule has 0 saturated heterocycles. The molecule has 2 aromatic heterocycles. The molecule has 34 heavy (non-hydrogen) atoms. The number of anilines is 2. The van der Waals surface area contributed by atoms with Gasteiger partial charge in [0.05, 0.1) is 12.8 Å². The molecule has 0 bridgehead atoms. The maximum absolute atomic E-state index is 14.3. The number of alkyl halides is 2. The lowest BCUT2D eigenvalue weighted by atomic mass is 10.0. The van der Waals surface area contributed by atoms with Crippen LogP contribution >= 0.6 is 0 Å². The number of rotatable bonds is 8. The highest BCUT2D eigenvalue weighted by atomic mass is 19.3. The van der Waals surface area contributed by atoms with Crippen LogP contribution in [0.25, 0.3) is 17.0 Å². The smallest absolute Gasteiger partial charge is 0.299 e. The summed E-state index contributed by atoms with van der Waals surface area (Å²) in [5.41, 5.74) is 2.91. The normalized spacial score (nSPS) is 11.6. The highest BCUT2D eigenvalue weighted by Crippen LogP contribution is 2.34. The second kappa shape index (κ2) is 9.61. The van der Waals surface area contributed by atoms with Gasteiger partial charge in [0, 0.05) is 48.3 Å². The summed E-state index contributed by atoms with van der Waals surface area (Å²) in [6, 6.07) is 15.0. The number of benzene rings is 2. The minimum atomic E-state index is -3.11. The Morgan fingerprint density at radius 2 is 1.97 bits per heavy atom. The van der Waals surface area contributed by atoms with Gasteiger partial charge in [-0.05, 0) is 55.3 Å². The minimum absolute atomic E-state index is 0.221. The lowest BCUT2D eigenvalue weighted by Gasteiger charge is -2.15. The minimum Gasteiger partial charge on any atom is -0.423 e. The summed E-state index contributed by atoms with van der Waals surface area (Å²) in [6.45, 7) is 5.81. The van der Waals surface area contributed by atoms with Gasteiger partial charge < -0.3 is 14.5 Å². The lowest BCUT2D eigenvalue weighted by molar-refractivity contribution is 0.0175. The molecule has 0 fully saturated rings. The number of hydrogen-bond acceptors (Lipinski definition) is 5. The molecule has 2 heterocycles. The van der Waals surface area contributed by atoms with Crippen molar-refractivity contribution in [1.29, 1.82) is 0 Å². The summed E-state index contributed by atoms with van der Waals surface area (Å²) in [7, 11) is 0. The van der Waals surface area contributed by atoms with Crippen molar-refractivity contribution in [3.05, 3.63) is 94.0 Å². The predicted molar refractivity (Wildman–Crippen MR) is 127 cm³/mol. The number of nitrogens with zero attached hydrogens (tertiary/aromatic N) is 2. The van der Waals surface area contributed by atoms with Gasteiger partial charge in [-0.25, -0.2) is 13.8 Å². The Hall–Kier alpha value is -3.78. The third-order valence-electron chi connectivity index (χ3n) is 5.33. The molecule has 6 nitrogen and oxygen atoms in total. The van der Waals surface area contributed by atoms with Crippen LogP contribution in [0.15, 0.2) is 76.2 Å². The molecule has 0 saturated carbocycles. The summed E-state index contributed by atoms with van der Waals surface area (Å²) in [5, 5.41) is 3.14. The number of oxazole rings is 1. The first-order chi connectivity index (χ1) is 16.2. The lowest BCUT2D eigenvalue weighted by Crippen LogP contribution is -2.17. The van der Waals surface area contributed by atoms with Gasteiger partial charge in [0.1, 0.15) is 0 Å². The first kappa shape index (κ1) is 23.4. The van der Waals surface area contributed by atoms with Crippen LogP contribution in [0.1, 0.15) is 30.5 Å². The van der Waals surface area contributed by atoms with E-state index >= 15 is 0 Å². The predicted octanol–water partition coefficient (Wildman–Crippen LogP) is 6.19. The third-order valence-corrected chi connectivity index (χ3v) is 5.33. The number of pyridine rings is 1. The zero-order valence-electron chi connectivity index (χ0n) is 19.1. The van der Waals surface area contributed by atoms with E-state index in [9.17, 15) is 13.6 Å². The molecule has 0 aliphatic rings. The molecule has 176 valence electrons. The number of ether oxygens (including phenoxy) is 1. The second-order valence-electron chi connectivity index (χ2n) is 8.01. The van der Waals surface area contributed by atoms with Crippen LogP contribution in [-0.4, -0.2) is 16.2 Å². The molecule has 0 spiro atoms. The zero-order valence-corrected chi connectivity index (χ0v) is 19.1. The fourth-order valence-electron chi connectivity index (χ4n) is 3.48. The van der Waals surface area contributed by atoms with Crippen LogP contribution < -0.4 is 10.9 Å². The molecule has 0 aliphatic heterocycles. The van der Waals surface area contributed by atoms with E-state index in [1.54, 1.807) is 18.2 Å². The molecular formula is C26H25F2N3O3. The number of aromatic nitrogens is 2. The molecule has 4 rings (SSSR count). The van der Waals surface area contributed by atoms with E-state index in [4.69, 9.17) is 9.15 Å². The van der Waals surface area contributed by atoms with Crippen LogP contribution in [-0.2, 0) is 17.3 Å². The second-order valence-corrected chi connectivity index (χ2v) is 8.01. The van der Waals surface area contributed by atoms with E-state index in [1.165, 1.54) is 35.2 Å². The van der Waals surface area contributed by atoms with E-state index in [1.807, 2.05) is 32.0 Å². The summed E-state index contributed by atoms with van der Waals surface area (Å²) in [5.74, 6) is -2.82. The molecule has 0 amide bonds. The van der Waals surface area contributed by atoms with Gasteiger partial charge in [-0.1, -0.05) is 18.2 Å². The van der Waals surface area contributed by atoms with E-state index in [0.717, 1.165) is 23.7 Å². The monoisotopic (exact) mass is 465 g/mol. The Bertz CT molecular complexity index is 1360. The van der Waals surface area contributed by atoms with Crippen molar-refractivity contribution in [2.45, 2.75) is 33.3 Å². The van der Waals surface area contributed by atoms with E-state index in [-0.39, 0.29) is 17.1 Å². The Labute approximate surface area is 195 Å². The first-order valence-electron chi connectivity index (χ1n) is 10.9. The molecule has 0 atom stereocenters. The molecule has 8 heteroatoms. The number of hydrogen-bond donors (Lipinski definition) is 1. The Morgan fingerprint density at radius 3 is 2.71 bits per heavy atom. The van der Waals surface area contributed by atoms with Gasteiger partial charge in [-0.15, -0.1) is 0 Å². The summed E-state index contributed by atoms with van der Waals surface area (Å²) >= 11 is 0.